The lowest BCUT2D eigenvalue weighted by Crippen LogP contribution is -2.40. The van der Waals surface area contributed by atoms with Crippen molar-refractivity contribution in [3.63, 3.8) is 0 Å². The third-order valence-corrected chi connectivity index (χ3v) is 5.07. The van der Waals surface area contributed by atoms with E-state index < -0.39 is 29.0 Å². The fourth-order valence-corrected chi connectivity index (χ4v) is 3.46. The molecule has 1 atom stereocenters. The molecule has 6 nitrogen and oxygen atoms in total. The third kappa shape index (κ3) is 7.88. The van der Waals surface area contributed by atoms with Crippen molar-refractivity contribution >= 4 is 41.5 Å². The quantitative estimate of drug-likeness (QED) is 0.215. The van der Waals surface area contributed by atoms with Crippen LogP contribution >= 0.6 is 24.0 Å². The highest BCUT2D eigenvalue weighted by atomic mass is 127. The van der Waals surface area contributed by atoms with Gasteiger partial charge in [-0.2, -0.15) is 0 Å². The number of halogens is 4. The average molecular weight is 576 g/mol. The Morgan fingerprint density at radius 2 is 1.91 bits per heavy atom. The minimum absolute atomic E-state index is 0. The van der Waals surface area contributed by atoms with Gasteiger partial charge in [0.05, 0.1) is 18.9 Å². The summed E-state index contributed by atoms with van der Waals surface area (Å²) >= 11 is 0. The van der Waals surface area contributed by atoms with E-state index in [0.717, 1.165) is 37.2 Å². The first kappa shape index (κ1) is 26.9. The maximum Gasteiger partial charge on any atom is 0.246 e. The van der Waals surface area contributed by atoms with E-state index in [9.17, 15) is 18.0 Å². The van der Waals surface area contributed by atoms with Crippen LogP contribution < -0.4 is 10.6 Å². The van der Waals surface area contributed by atoms with E-state index >= 15 is 0 Å². The van der Waals surface area contributed by atoms with Gasteiger partial charge in [0.25, 0.3) is 0 Å². The molecule has 33 heavy (non-hydrogen) atoms. The Bertz CT molecular complexity index is 947. The number of nitrogens with one attached hydrogen (secondary N) is 2. The van der Waals surface area contributed by atoms with Crippen LogP contribution in [0.2, 0.25) is 0 Å². The number of amides is 1. The summed E-state index contributed by atoms with van der Waals surface area (Å²) in [6, 6.07) is 11.7. The summed E-state index contributed by atoms with van der Waals surface area (Å²) in [4.78, 5) is 18.5. The summed E-state index contributed by atoms with van der Waals surface area (Å²) in [6.45, 7) is 4.94. The molecule has 0 spiro atoms. The van der Waals surface area contributed by atoms with E-state index in [4.69, 9.17) is 4.74 Å². The van der Waals surface area contributed by atoms with Gasteiger partial charge in [-0.05, 0) is 31.0 Å². The van der Waals surface area contributed by atoms with Crippen LogP contribution in [0.25, 0.3) is 0 Å². The van der Waals surface area contributed by atoms with Crippen LogP contribution in [-0.2, 0) is 16.1 Å². The molecule has 0 bridgehead atoms. The van der Waals surface area contributed by atoms with Crippen molar-refractivity contribution < 1.29 is 22.7 Å². The zero-order valence-corrected chi connectivity index (χ0v) is 20.7. The maximum atomic E-state index is 13.7. The monoisotopic (exact) mass is 576 g/mol. The highest BCUT2D eigenvalue weighted by Crippen LogP contribution is 2.20. The van der Waals surface area contributed by atoms with Gasteiger partial charge in [0.1, 0.15) is 6.54 Å². The minimum atomic E-state index is -1.63. The molecule has 1 unspecified atom stereocenters. The number of benzene rings is 2. The van der Waals surface area contributed by atoms with Gasteiger partial charge in [-0.25, -0.2) is 18.2 Å². The van der Waals surface area contributed by atoms with Gasteiger partial charge >= 0.3 is 0 Å². The first-order valence-corrected chi connectivity index (χ1v) is 10.6. The lowest BCUT2D eigenvalue weighted by atomic mass is 10.1. The number of rotatable bonds is 8. The Balaban J connectivity index is 0.00000385. The maximum absolute atomic E-state index is 13.7. The van der Waals surface area contributed by atoms with Crippen LogP contribution in [-0.4, -0.2) is 49.6 Å². The van der Waals surface area contributed by atoms with Crippen molar-refractivity contribution in [2.24, 2.45) is 10.9 Å². The van der Waals surface area contributed by atoms with E-state index in [0.29, 0.717) is 31.6 Å². The SMILES string of the molecule is CCNC(=NCC(=O)Nc1ccc(F)c(F)c1F)N1CCC(COCc2ccccc2)C1.I. The third-order valence-electron chi connectivity index (χ3n) is 5.07. The van der Waals surface area contributed by atoms with Crippen LogP contribution in [0.5, 0.6) is 0 Å². The van der Waals surface area contributed by atoms with Crippen LogP contribution in [0.4, 0.5) is 18.9 Å². The summed E-state index contributed by atoms with van der Waals surface area (Å²) in [5.41, 5.74) is 0.701. The molecular formula is C23H28F3IN4O2. The van der Waals surface area contributed by atoms with Crippen molar-refractivity contribution in [2.45, 2.75) is 20.0 Å². The van der Waals surface area contributed by atoms with E-state index in [1.54, 1.807) is 0 Å². The molecule has 2 aromatic rings. The number of guanidine groups is 1. The second-order valence-corrected chi connectivity index (χ2v) is 7.54. The predicted molar refractivity (Wildman–Crippen MR) is 132 cm³/mol. The number of likely N-dealkylation sites (tertiary alicyclic amines) is 1. The average Bonchev–Trinajstić information content (AvgIpc) is 3.26. The zero-order chi connectivity index (χ0) is 22.9. The second-order valence-electron chi connectivity index (χ2n) is 7.54. The summed E-state index contributed by atoms with van der Waals surface area (Å²) in [5.74, 6) is -4.10. The number of nitrogens with zero attached hydrogens (tertiary/aromatic N) is 2. The Labute approximate surface area is 208 Å². The lowest BCUT2D eigenvalue weighted by molar-refractivity contribution is -0.114. The van der Waals surface area contributed by atoms with Gasteiger partial charge in [-0.15, -0.1) is 24.0 Å². The minimum Gasteiger partial charge on any atom is -0.376 e. The summed E-state index contributed by atoms with van der Waals surface area (Å²) in [6.07, 6.45) is 0.936. The fraction of sp³-hybridized carbons (Fsp3) is 0.391. The van der Waals surface area contributed by atoms with Gasteiger partial charge < -0.3 is 20.3 Å². The number of hydrogen-bond donors (Lipinski definition) is 2. The molecule has 0 aliphatic carbocycles. The number of ether oxygens (including phenoxy) is 1. The molecule has 180 valence electrons. The molecular weight excluding hydrogens is 548 g/mol. The number of carbonyl (C=O) groups is 1. The fourth-order valence-electron chi connectivity index (χ4n) is 3.46. The zero-order valence-electron chi connectivity index (χ0n) is 18.3. The summed E-state index contributed by atoms with van der Waals surface area (Å²) in [7, 11) is 0. The molecule has 0 radical (unpaired) electrons. The molecule has 0 saturated carbocycles. The van der Waals surface area contributed by atoms with Crippen molar-refractivity contribution in [3.8, 4) is 0 Å². The largest absolute Gasteiger partial charge is 0.376 e. The molecule has 1 saturated heterocycles. The van der Waals surface area contributed by atoms with Crippen molar-refractivity contribution in [1.82, 2.24) is 10.2 Å². The second kappa shape index (κ2) is 13.4. The topological polar surface area (TPSA) is 66.0 Å². The Kier molecular flexibility index (Phi) is 10.9. The standard InChI is InChI=1S/C23H27F3N4O2.HI/c1-2-27-23(28-12-20(31)29-19-9-8-18(24)21(25)22(19)26)30-11-10-17(13-30)15-32-14-16-6-4-3-5-7-16;/h3-9,17H,2,10-15H2,1H3,(H,27,28)(H,29,31);1H. The number of anilines is 1. The highest BCUT2D eigenvalue weighted by Gasteiger charge is 2.25. The highest BCUT2D eigenvalue weighted by molar-refractivity contribution is 14.0. The normalized spacial score (nSPS) is 15.8. The smallest absolute Gasteiger partial charge is 0.246 e. The Hall–Kier alpha value is -2.34. The van der Waals surface area contributed by atoms with Gasteiger partial charge in [-0.1, -0.05) is 30.3 Å². The molecule has 1 heterocycles. The molecule has 1 amide bonds. The molecule has 0 aromatic heterocycles. The molecule has 1 aliphatic rings. The van der Waals surface area contributed by atoms with Gasteiger partial charge in [0, 0.05) is 25.6 Å². The number of aliphatic imine (C=N–C) groups is 1. The van der Waals surface area contributed by atoms with E-state index in [2.05, 4.69) is 15.6 Å². The van der Waals surface area contributed by atoms with Crippen molar-refractivity contribution in [2.75, 3.05) is 38.1 Å². The predicted octanol–water partition coefficient (Wildman–Crippen LogP) is 4.16. The first-order chi connectivity index (χ1) is 15.5. The van der Waals surface area contributed by atoms with E-state index in [1.807, 2.05) is 42.2 Å². The van der Waals surface area contributed by atoms with Crippen LogP contribution in [0.15, 0.2) is 47.5 Å². The molecule has 10 heteroatoms. The Morgan fingerprint density at radius 1 is 1.15 bits per heavy atom. The van der Waals surface area contributed by atoms with Gasteiger partial charge in [0.15, 0.2) is 23.4 Å². The molecule has 1 fully saturated rings. The number of hydrogen-bond acceptors (Lipinski definition) is 3. The van der Waals surface area contributed by atoms with Crippen LogP contribution in [0, 0.1) is 23.4 Å². The number of carbonyl (C=O) groups excluding carboxylic acids is 1. The molecule has 3 rings (SSSR count). The summed E-state index contributed by atoms with van der Waals surface area (Å²) in [5, 5.41) is 5.37. The van der Waals surface area contributed by atoms with Gasteiger partial charge in [0.2, 0.25) is 5.91 Å². The molecule has 2 N–H and O–H groups in total. The lowest BCUT2D eigenvalue weighted by Gasteiger charge is -2.21. The van der Waals surface area contributed by atoms with Crippen molar-refractivity contribution in [1.29, 1.82) is 0 Å². The van der Waals surface area contributed by atoms with E-state index in [1.165, 1.54) is 0 Å². The summed E-state index contributed by atoms with van der Waals surface area (Å²) < 4.78 is 45.9. The van der Waals surface area contributed by atoms with E-state index in [-0.39, 0.29) is 30.5 Å². The van der Waals surface area contributed by atoms with Crippen LogP contribution in [0.1, 0.15) is 18.9 Å². The van der Waals surface area contributed by atoms with Crippen LogP contribution in [0.3, 0.4) is 0 Å². The Morgan fingerprint density at radius 3 is 2.64 bits per heavy atom. The van der Waals surface area contributed by atoms with Gasteiger partial charge in [-0.3, -0.25) is 4.79 Å². The molecule has 1 aliphatic heterocycles. The van der Waals surface area contributed by atoms with Crippen molar-refractivity contribution in [3.05, 3.63) is 65.5 Å². The molecule has 2 aromatic carbocycles. The first-order valence-electron chi connectivity index (χ1n) is 10.6.